The van der Waals surface area contributed by atoms with E-state index < -0.39 is 60.8 Å². The second-order valence-electron chi connectivity index (χ2n) is 16.3. The molecule has 1 saturated heterocycles. The monoisotopic (exact) mass is 756 g/mol. The number of aliphatic hydroxyl groups is 3. The summed E-state index contributed by atoms with van der Waals surface area (Å²) in [5.41, 5.74) is 3.52. The van der Waals surface area contributed by atoms with Gasteiger partial charge in [-0.15, -0.1) is 0 Å². The SMILES string of the molecule is CCC1OC(=O)CC(O)C(C)C(O[C@@H]2O[C@H](C)[C@@H](O)[C@H](N(C)C)[C@H]2O)C(CCN2Cc3ccccc3C2)CC(C)C(=O)C=CC(C)=CC1CN(CC)CC. The van der Waals surface area contributed by atoms with Crippen molar-refractivity contribution in [3.05, 3.63) is 59.2 Å². The normalized spacial score (nSPS) is 35.0. The van der Waals surface area contributed by atoms with Gasteiger partial charge in [0.25, 0.3) is 0 Å². The van der Waals surface area contributed by atoms with E-state index in [1.54, 1.807) is 32.0 Å². The molecule has 0 bridgehead atoms. The standard InChI is InChI=1S/C43H69N3O8/c1-10-37-34(26-45(11-2)12-3)21-27(4)17-18-35(47)28(5)22-31(19-20-46-24-32-15-13-14-16-33(32)25-46)42(29(6)36(48)23-38(49)53-37)54-43-41(51)39(44(8)9)40(50)30(7)52-43/h13-18,21,28-31,34,36-37,39-43,48,50-51H,10-12,19-20,22-26H2,1-9H3/t28?,29?,30-,31?,34?,36?,37?,39+,40-,41-,42?,43+/m1/s1. The minimum atomic E-state index is -1.19. The van der Waals surface area contributed by atoms with E-state index in [2.05, 4.69) is 54.0 Å². The van der Waals surface area contributed by atoms with Gasteiger partial charge in [-0.05, 0) is 90.0 Å². The van der Waals surface area contributed by atoms with Crippen LogP contribution in [0.1, 0.15) is 85.3 Å². The fraction of sp³-hybridized carbons (Fsp3) is 0.721. The molecule has 0 spiro atoms. The molecule has 0 radical (unpaired) electrons. The van der Waals surface area contributed by atoms with Crippen molar-refractivity contribution in [1.82, 2.24) is 14.7 Å². The molecule has 3 aliphatic rings. The fourth-order valence-corrected chi connectivity index (χ4v) is 8.55. The van der Waals surface area contributed by atoms with E-state index in [4.69, 9.17) is 14.2 Å². The van der Waals surface area contributed by atoms with Gasteiger partial charge < -0.3 is 39.3 Å². The number of rotatable bonds is 11. The number of ketones is 1. The lowest BCUT2D eigenvalue weighted by Gasteiger charge is -2.46. The number of benzene rings is 1. The predicted molar refractivity (Wildman–Crippen MR) is 210 cm³/mol. The molecule has 0 aromatic heterocycles. The van der Waals surface area contributed by atoms with Gasteiger partial charge in [-0.2, -0.15) is 0 Å². The highest BCUT2D eigenvalue weighted by molar-refractivity contribution is 5.91. The van der Waals surface area contributed by atoms with Crippen LogP contribution in [0.4, 0.5) is 0 Å². The molecular weight excluding hydrogens is 686 g/mol. The van der Waals surface area contributed by atoms with Crippen molar-refractivity contribution >= 4 is 11.8 Å². The molecule has 54 heavy (non-hydrogen) atoms. The third-order valence-electron chi connectivity index (χ3n) is 12.0. The highest BCUT2D eigenvalue weighted by Gasteiger charge is 2.47. The van der Waals surface area contributed by atoms with Crippen LogP contribution in [0.5, 0.6) is 0 Å². The fourth-order valence-electron chi connectivity index (χ4n) is 8.55. The molecule has 4 rings (SSSR count). The molecule has 0 amide bonds. The molecule has 0 aliphatic carbocycles. The van der Waals surface area contributed by atoms with Crippen molar-refractivity contribution in [2.24, 2.45) is 23.7 Å². The predicted octanol–water partition coefficient (Wildman–Crippen LogP) is 4.57. The smallest absolute Gasteiger partial charge is 0.308 e. The Labute approximate surface area is 324 Å². The maximum atomic E-state index is 13.8. The molecule has 1 aromatic rings. The van der Waals surface area contributed by atoms with Crippen LogP contribution in [0.25, 0.3) is 0 Å². The summed E-state index contributed by atoms with van der Waals surface area (Å²) in [6, 6.07) is 7.77. The Balaban J connectivity index is 1.71. The van der Waals surface area contributed by atoms with Crippen LogP contribution >= 0.6 is 0 Å². The largest absolute Gasteiger partial charge is 0.462 e. The number of carbonyl (C=O) groups is 2. The molecule has 1 aromatic carbocycles. The summed E-state index contributed by atoms with van der Waals surface area (Å²) < 4.78 is 19.1. The lowest BCUT2D eigenvalue weighted by atomic mass is 9.79. The van der Waals surface area contributed by atoms with Gasteiger partial charge in [-0.3, -0.25) is 14.5 Å². The van der Waals surface area contributed by atoms with Gasteiger partial charge in [0, 0.05) is 37.4 Å². The average Bonchev–Trinajstić information content (AvgIpc) is 3.56. The zero-order valence-corrected chi connectivity index (χ0v) is 34.3. The summed E-state index contributed by atoms with van der Waals surface area (Å²) in [6.45, 7) is 18.5. The molecule has 12 atom stereocenters. The molecule has 1 fully saturated rings. The number of cyclic esters (lactones) is 1. The van der Waals surface area contributed by atoms with Gasteiger partial charge >= 0.3 is 5.97 Å². The third-order valence-corrected chi connectivity index (χ3v) is 12.0. The molecule has 11 nitrogen and oxygen atoms in total. The number of aliphatic hydroxyl groups excluding tert-OH is 3. The van der Waals surface area contributed by atoms with Crippen LogP contribution in [0.2, 0.25) is 0 Å². The van der Waals surface area contributed by atoms with Gasteiger partial charge in [0.15, 0.2) is 12.1 Å². The molecule has 304 valence electrons. The van der Waals surface area contributed by atoms with Gasteiger partial charge in [-0.25, -0.2) is 0 Å². The van der Waals surface area contributed by atoms with Gasteiger partial charge in [0.05, 0.1) is 36.9 Å². The molecular formula is C43H69N3O8. The maximum Gasteiger partial charge on any atom is 0.308 e. The third kappa shape index (κ3) is 11.5. The maximum absolute atomic E-state index is 13.8. The lowest BCUT2D eigenvalue weighted by molar-refractivity contribution is -0.304. The van der Waals surface area contributed by atoms with Crippen LogP contribution in [-0.4, -0.2) is 131 Å². The van der Waals surface area contributed by atoms with Crippen LogP contribution in [0, 0.1) is 23.7 Å². The van der Waals surface area contributed by atoms with E-state index in [1.807, 2.05) is 33.8 Å². The number of carbonyl (C=O) groups excluding carboxylic acids is 2. The Hall–Kier alpha value is -2.48. The van der Waals surface area contributed by atoms with Crippen molar-refractivity contribution in [2.45, 2.75) is 136 Å². The second-order valence-corrected chi connectivity index (χ2v) is 16.3. The van der Waals surface area contributed by atoms with Crippen molar-refractivity contribution in [1.29, 1.82) is 0 Å². The van der Waals surface area contributed by atoms with E-state index in [9.17, 15) is 24.9 Å². The Bertz CT molecular complexity index is 1390. The summed E-state index contributed by atoms with van der Waals surface area (Å²) in [5, 5.41) is 34.4. The number of hydrogen-bond donors (Lipinski definition) is 3. The number of fused-ring (bicyclic) bond motifs is 1. The molecule has 3 heterocycles. The summed E-state index contributed by atoms with van der Waals surface area (Å²) >= 11 is 0. The van der Waals surface area contributed by atoms with E-state index >= 15 is 0 Å². The van der Waals surface area contributed by atoms with E-state index in [-0.39, 0.29) is 30.0 Å². The number of nitrogens with zero attached hydrogens (tertiary/aromatic N) is 3. The Morgan fingerprint density at radius 1 is 0.944 bits per heavy atom. The summed E-state index contributed by atoms with van der Waals surface area (Å²) in [4.78, 5) is 33.9. The van der Waals surface area contributed by atoms with Crippen LogP contribution in [0.3, 0.4) is 0 Å². The first-order valence-corrected chi connectivity index (χ1v) is 20.3. The Morgan fingerprint density at radius 2 is 1.59 bits per heavy atom. The minimum absolute atomic E-state index is 0.00231. The van der Waals surface area contributed by atoms with Crippen LogP contribution in [-0.2, 0) is 36.9 Å². The molecule has 11 heteroatoms. The molecule has 3 aliphatic heterocycles. The lowest BCUT2D eigenvalue weighted by Crippen LogP contribution is -2.63. The van der Waals surface area contributed by atoms with Crippen molar-refractivity contribution in [3.63, 3.8) is 0 Å². The first kappa shape index (κ1) is 44.2. The van der Waals surface area contributed by atoms with Crippen molar-refractivity contribution < 1.29 is 39.1 Å². The average molecular weight is 756 g/mol. The minimum Gasteiger partial charge on any atom is -0.462 e. The zero-order chi connectivity index (χ0) is 39.7. The van der Waals surface area contributed by atoms with Gasteiger partial charge in [-0.1, -0.05) is 76.6 Å². The summed E-state index contributed by atoms with van der Waals surface area (Å²) in [6.07, 6.45) is 0.931. The topological polar surface area (TPSA) is 132 Å². The number of esters is 1. The highest BCUT2D eigenvalue weighted by atomic mass is 16.7. The Kier molecular flexibility index (Phi) is 16.9. The van der Waals surface area contributed by atoms with E-state index in [0.29, 0.717) is 25.8 Å². The summed E-state index contributed by atoms with van der Waals surface area (Å²) in [5.74, 6) is -1.82. The van der Waals surface area contributed by atoms with Gasteiger partial charge in [0.2, 0.25) is 0 Å². The van der Waals surface area contributed by atoms with Crippen LogP contribution in [0.15, 0.2) is 48.1 Å². The zero-order valence-electron chi connectivity index (χ0n) is 34.3. The van der Waals surface area contributed by atoms with Crippen molar-refractivity contribution in [2.75, 3.05) is 40.3 Å². The Morgan fingerprint density at radius 3 is 2.19 bits per heavy atom. The second kappa shape index (κ2) is 20.6. The summed E-state index contributed by atoms with van der Waals surface area (Å²) in [7, 11) is 3.59. The number of hydrogen-bond acceptors (Lipinski definition) is 11. The molecule has 7 unspecified atom stereocenters. The van der Waals surface area contributed by atoms with Gasteiger partial charge in [0.1, 0.15) is 12.2 Å². The first-order chi connectivity index (χ1) is 25.7. The van der Waals surface area contributed by atoms with E-state index in [1.165, 1.54) is 11.1 Å². The molecule has 3 N–H and O–H groups in total. The van der Waals surface area contributed by atoms with Crippen molar-refractivity contribution in [3.8, 4) is 0 Å². The molecule has 0 saturated carbocycles. The quantitative estimate of drug-likeness (QED) is 0.275. The first-order valence-electron chi connectivity index (χ1n) is 20.3. The number of allylic oxidation sites excluding steroid dienone is 3. The number of ether oxygens (including phenoxy) is 3. The van der Waals surface area contributed by atoms with E-state index in [0.717, 1.165) is 38.3 Å². The number of likely N-dealkylation sites (N-methyl/N-ethyl adjacent to an activating group) is 1. The highest BCUT2D eigenvalue weighted by Crippen LogP contribution is 2.35. The van der Waals surface area contributed by atoms with Crippen LogP contribution < -0.4 is 0 Å².